The zero-order valence-electron chi connectivity index (χ0n) is 23.3. The highest BCUT2D eigenvalue weighted by Crippen LogP contribution is 2.34. The second-order valence-electron chi connectivity index (χ2n) is 9.98. The van der Waals surface area contributed by atoms with Gasteiger partial charge in [-0.2, -0.15) is 5.10 Å². The lowest BCUT2D eigenvalue weighted by atomic mass is 10.2. The number of benzene rings is 2. The average molecular weight is 592 g/mol. The number of amides is 1. The number of nitrogens with one attached hydrogen (secondary N) is 3. The van der Waals surface area contributed by atoms with Gasteiger partial charge in [-0.3, -0.25) is 19.3 Å². The summed E-state index contributed by atoms with van der Waals surface area (Å²) in [4.78, 5) is 43.7. The van der Waals surface area contributed by atoms with Crippen LogP contribution < -0.4 is 26.6 Å². The largest absolute Gasteiger partial charge is 0.453 e. The Morgan fingerprint density at radius 3 is 2.49 bits per heavy atom. The Hall–Kier alpha value is -5.37. The summed E-state index contributed by atoms with van der Waals surface area (Å²) in [5, 5.41) is 22.2. The number of fused-ring (bicyclic) bond motifs is 1. The number of rotatable bonds is 9. The van der Waals surface area contributed by atoms with E-state index in [1.165, 1.54) is 41.1 Å². The number of ether oxygens (including phenoxy) is 1. The molecule has 222 valence electrons. The fourth-order valence-corrected chi connectivity index (χ4v) is 4.29. The number of aliphatic hydroxyl groups excluding tert-OH is 1. The molecule has 1 unspecified atom stereocenters. The third-order valence-electron chi connectivity index (χ3n) is 6.49. The summed E-state index contributed by atoms with van der Waals surface area (Å²) < 4.78 is 36.5. The summed E-state index contributed by atoms with van der Waals surface area (Å²) in [6, 6.07) is 9.18. The standard InChI is InChI=1S/C29H27F2N7O5/c1-15(2)37-13-20(28(41)38(29(37)42)19-7-4-17(30)5-8-19)27(40)34-18-6-9-22(21(31)12-18)43-23-10-11-32-25-24(23)26(36-35-25)33-16(3)14-39/h4-13,15-16,39H,14H2,1-3H3,(H,34,40)(H2,32,33,35,36). The zero-order valence-corrected chi connectivity index (χ0v) is 23.3. The number of carbonyl (C=O) groups excluding carboxylic acids is 1. The van der Waals surface area contributed by atoms with Gasteiger partial charge >= 0.3 is 5.69 Å². The number of aliphatic hydroxyl groups is 1. The molecule has 0 spiro atoms. The van der Waals surface area contributed by atoms with E-state index in [0.717, 1.165) is 29.0 Å². The van der Waals surface area contributed by atoms with Crippen LogP contribution in [0.25, 0.3) is 16.7 Å². The molecule has 1 atom stereocenters. The van der Waals surface area contributed by atoms with E-state index < -0.39 is 34.8 Å². The van der Waals surface area contributed by atoms with Crippen LogP contribution in [0.1, 0.15) is 37.2 Å². The van der Waals surface area contributed by atoms with Crippen molar-refractivity contribution in [2.75, 3.05) is 17.2 Å². The summed E-state index contributed by atoms with van der Waals surface area (Å²) >= 11 is 0. The molecule has 0 bridgehead atoms. The van der Waals surface area contributed by atoms with Crippen molar-refractivity contribution in [2.45, 2.75) is 32.9 Å². The van der Waals surface area contributed by atoms with Crippen molar-refractivity contribution >= 4 is 28.4 Å². The Bertz CT molecular complexity index is 1930. The van der Waals surface area contributed by atoms with Gasteiger partial charge in [0, 0.05) is 42.3 Å². The van der Waals surface area contributed by atoms with E-state index in [1.807, 2.05) is 0 Å². The SMILES string of the molecule is CC(CO)Nc1n[nH]c2nccc(Oc3ccc(NC(=O)c4cn(C(C)C)c(=O)n(-c5ccc(F)cc5)c4=O)cc3F)c12. The molecular weight excluding hydrogens is 564 g/mol. The molecule has 3 aromatic heterocycles. The van der Waals surface area contributed by atoms with Crippen LogP contribution in [-0.4, -0.2) is 48.0 Å². The molecule has 0 radical (unpaired) electrons. The number of pyridine rings is 1. The van der Waals surface area contributed by atoms with Crippen molar-refractivity contribution < 1.29 is 23.4 Å². The Balaban J connectivity index is 1.44. The number of carbonyl (C=O) groups is 1. The minimum Gasteiger partial charge on any atom is -0.453 e. The molecule has 0 saturated carbocycles. The maximum atomic E-state index is 15.2. The number of nitrogens with zero attached hydrogens (tertiary/aromatic N) is 4. The predicted molar refractivity (Wildman–Crippen MR) is 155 cm³/mol. The second-order valence-corrected chi connectivity index (χ2v) is 9.98. The van der Waals surface area contributed by atoms with E-state index in [-0.39, 0.29) is 41.1 Å². The third kappa shape index (κ3) is 5.85. The number of halogens is 2. The van der Waals surface area contributed by atoms with Gasteiger partial charge in [0.2, 0.25) is 0 Å². The van der Waals surface area contributed by atoms with Gasteiger partial charge in [-0.25, -0.2) is 23.1 Å². The number of aromatic amines is 1. The molecule has 5 rings (SSSR count). The number of anilines is 2. The van der Waals surface area contributed by atoms with Crippen molar-refractivity contribution in [3.8, 4) is 17.2 Å². The average Bonchev–Trinajstić information content (AvgIpc) is 3.38. The summed E-state index contributed by atoms with van der Waals surface area (Å²) in [5.41, 5.74) is -1.53. The van der Waals surface area contributed by atoms with Crippen molar-refractivity contribution in [3.05, 3.63) is 99.0 Å². The molecule has 0 aliphatic carbocycles. The van der Waals surface area contributed by atoms with Gasteiger partial charge in [-0.1, -0.05) is 0 Å². The summed E-state index contributed by atoms with van der Waals surface area (Å²) in [6.45, 7) is 5.00. The summed E-state index contributed by atoms with van der Waals surface area (Å²) in [7, 11) is 0. The van der Waals surface area contributed by atoms with Crippen LogP contribution in [0.2, 0.25) is 0 Å². The first kappa shape index (κ1) is 29.1. The van der Waals surface area contributed by atoms with Gasteiger partial charge in [-0.05, 0) is 57.2 Å². The lowest BCUT2D eigenvalue weighted by molar-refractivity contribution is 0.102. The Morgan fingerprint density at radius 1 is 1.07 bits per heavy atom. The molecule has 0 aliphatic heterocycles. The van der Waals surface area contributed by atoms with Gasteiger partial charge in [-0.15, -0.1) is 0 Å². The van der Waals surface area contributed by atoms with Crippen LogP contribution in [0.15, 0.2) is 70.5 Å². The molecule has 1 amide bonds. The molecular formula is C29H27F2N7O5. The van der Waals surface area contributed by atoms with Crippen LogP contribution >= 0.6 is 0 Å². The lowest BCUT2D eigenvalue weighted by Gasteiger charge is -2.16. The molecule has 0 fully saturated rings. The van der Waals surface area contributed by atoms with Crippen LogP contribution in [0.5, 0.6) is 11.5 Å². The molecule has 0 aliphatic rings. The first-order valence-electron chi connectivity index (χ1n) is 13.2. The molecule has 3 heterocycles. The minimum atomic E-state index is -0.923. The van der Waals surface area contributed by atoms with Gasteiger partial charge < -0.3 is 20.5 Å². The van der Waals surface area contributed by atoms with Gasteiger partial charge in [0.25, 0.3) is 11.5 Å². The Labute approximate surface area is 242 Å². The zero-order chi connectivity index (χ0) is 30.8. The monoisotopic (exact) mass is 591 g/mol. The van der Waals surface area contributed by atoms with Crippen molar-refractivity contribution in [3.63, 3.8) is 0 Å². The van der Waals surface area contributed by atoms with Gasteiger partial charge in [0.05, 0.1) is 12.3 Å². The molecule has 0 saturated heterocycles. The number of hydrogen-bond acceptors (Lipinski definition) is 8. The maximum Gasteiger partial charge on any atom is 0.335 e. The Kier molecular flexibility index (Phi) is 8.03. The molecule has 12 nitrogen and oxygen atoms in total. The molecule has 4 N–H and O–H groups in total. The normalized spacial score (nSPS) is 12.0. The fraction of sp³-hybridized carbons (Fsp3) is 0.207. The van der Waals surface area contributed by atoms with Gasteiger partial charge in [0.1, 0.15) is 22.5 Å². The van der Waals surface area contributed by atoms with Crippen LogP contribution in [0.3, 0.4) is 0 Å². The van der Waals surface area contributed by atoms with E-state index in [2.05, 4.69) is 25.8 Å². The minimum absolute atomic E-state index is 0.0205. The molecule has 5 aromatic rings. The van der Waals surface area contributed by atoms with Crippen LogP contribution in [0.4, 0.5) is 20.3 Å². The van der Waals surface area contributed by atoms with Crippen molar-refractivity contribution in [2.24, 2.45) is 0 Å². The molecule has 43 heavy (non-hydrogen) atoms. The van der Waals surface area contributed by atoms with Crippen LogP contribution in [0, 0.1) is 11.6 Å². The van der Waals surface area contributed by atoms with Crippen molar-refractivity contribution in [1.29, 1.82) is 0 Å². The van der Waals surface area contributed by atoms with Gasteiger partial charge in [0.15, 0.2) is 23.0 Å². The van der Waals surface area contributed by atoms with Crippen LogP contribution in [-0.2, 0) is 0 Å². The quantitative estimate of drug-likeness (QED) is 0.201. The molecule has 2 aromatic carbocycles. The van der Waals surface area contributed by atoms with E-state index in [0.29, 0.717) is 16.9 Å². The fourth-order valence-electron chi connectivity index (χ4n) is 4.29. The van der Waals surface area contributed by atoms with E-state index in [9.17, 15) is 23.9 Å². The smallest absolute Gasteiger partial charge is 0.335 e. The third-order valence-corrected chi connectivity index (χ3v) is 6.49. The number of hydrogen-bond donors (Lipinski definition) is 4. The van der Waals surface area contributed by atoms with E-state index in [1.54, 1.807) is 20.8 Å². The summed E-state index contributed by atoms with van der Waals surface area (Å²) in [5.74, 6) is -1.83. The predicted octanol–water partition coefficient (Wildman–Crippen LogP) is 3.97. The first-order chi connectivity index (χ1) is 20.6. The van der Waals surface area contributed by atoms with E-state index in [4.69, 9.17) is 4.74 Å². The summed E-state index contributed by atoms with van der Waals surface area (Å²) in [6.07, 6.45) is 2.60. The highest BCUT2D eigenvalue weighted by Gasteiger charge is 2.21. The molecule has 14 heteroatoms. The number of H-pyrrole nitrogens is 1. The highest BCUT2D eigenvalue weighted by atomic mass is 19.1. The topological polar surface area (TPSA) is 156 Å². The second kappa shape index (κ2) is 11.9. The van der Waals surface area contributed by atoms with E-state index >= 15 is 4.39 Å². The highest BCUT2D eigenvalue weighted by molar-refractivity contribution is 6.04. The lowest BCUT2D eigenvalue weighted by Crippen LogP contribution is -2.42. The number of aromatic nitrogens is 5. The maximum absolute atomic E-state index is 15.2. The Morgan fingerprint density at radius 2 is 1.81 bits per heavy atom. The van der Waals surface area contributed by atoms with Crippen molar-refractivity contribution in [1.82, 2.24) is 24.3 Å². The first-order valence-corrected chi connectivity index (χ1v) is 13.2.